The zero-order valence-corrected chi connectivity index (χ0v) is 10.9. The van der Waals surface area contributed by atoms with Crippen molar-refractivity contribution in [2.45, 2.75) is 34.1 Å². The van der Waals surface area contributed by atoms with E-state index in [-0.39, 0.29) is 17.1 Å². The molecule has 5 heteroatoms. The van der Waals surface area contributed by atoms with E-state index in [0.717, 1.165) is 0 Å². The van der Waals surface area contributed by atoms with Gasteiger partial charge in [-0.25, -0.2) is 14.2 Å². The van der Waals surface area contributed by atoms with E-state index in [1.807, 2.05) is 13.8 Å². The number of carbonyl (C=O) groups is 1. The Kier molecular flexibility index (Phi) is 6.17. The van der Waals surface area contributed by atoms with Crippen LogP contribution in [0, 0.1) is 12.7 Å². The lowest BCUT2D eigenvalue weighted by Gasteiger charge is -2.09. The first kappa shape index (κ1) is 15.3. The third-order valence-electron chi connectivity index (χ3n) is 2.21. The fourth-order valence-corrected chi connectivity index (χ4v) is 1.25. The molecule has 96 valence electrons. The second-order valence-corrected chi connectivity index (χ2v) is 3.10. The Bertz CT molecular complexity index is 406. The number of hydrogen-bond donors (Lipinski definition) is 1. The summed E-state index contributed by atoms with van der Waals surface area (Å²) in [7, 11) is 1.24. The molecule has 0 radical (unpaired) electrons. The van der Waals surface area contributed by atoms with E-state index in [2.05, 4.69) is 9.72 Å². The van der Waals surface area contributed by atoms with Gasteiger partial charge in [-0.1, -0.05) is 20.8 Å². The molecule has 0 saturated heterocycles. The number of rotatable bonds is 2. The summed E-state index contributed by atoms with van der Waals surface area (Å²) in [5.74, 6) is -1.16. The van der Waals surface area contributed by atoms with Crippen LogP contribution in [0.15, 0.2) is 0 Å². The maximum Gasteiger partial charge on any atom is 0.357 e. The number of halogens is 1. The van der Waals surface area contributed by atoms with Gasteiger partial charge in [0, 0.05) is 5.56 Å². The quantitative estimate of drug-likeness (QED) is 0.809. The predicted molar refractivity (Wildman–Crippen MR) is 65.4 cm³/mol. The molecule has 0 amide bonds. The Hall–Kier alpha value is -1.65. The van der Waals surface area contributed by atoms with Gasteiger partial charge in [-0.3, -0.25) is 0 Å². The van der Waals surface area contributed by atoms with Crippen molar-refractivity contribution in [2.75, 3.05) is 12.8 Å². The SMILES string of the molecule is CC.CCc1nc(C(=O)OC)c(C)c(N)c1F. The number of aromatic nitrogens is 1. The summed E-state index contributed by atoms with van der Waals surface area (Å²) in [6.45, 7) is 7.28. The number of pyridine rings is 1. The molecule has 0 bridgehead atoms. The summed E-state index contributed by atoms with van der Waals surface area (Å²) in [5, 5.41) is 0. The van der Waals surface area contributed by atoms with Crippen LogP contribution in [0.2, 0.25) is 0 Å². The Morgan fingerprint density at radius 3 is 2.41 bits per heavy atom. The van der Waals surface area contributed by atoms with Crippen LogP contribution in [0.5, 0.6) is 0 Å². The van der Waals surface area contributed by atoms with Gasteiger partial charge in [-0.15, -0.1) is 0 Å². The zero-order valence-electron chi connectivity index (χ0n) is 10.9. The number of nitrogens with two attached hydrogens (primary N) is 1. The highest BCUT2D eigenvalue weighted by molar-refractivity contribution is 5.90. The van der Waals surface area contributed by atoms with Crippen LogP contribution in [0.4, 0.5) is 10.1 Å². The van der Waals surface area contributed by atoms with Crippen molar-refractivity contribution in [1.29, 1.82) is 0 Å². The van der Waals surface area contributed by atoms with Gasteiger partial charge in [0.25, 0.3) is 0 Å². The van der Waals surface area contributed by atoms with E-state index >= 15 is 0 Å². The smallest absolute Gasteiger partial charge is 0.357 e. The number of ether oxygens (including phenoxy) is 1. The fraction of sp³-hybridized carbons (Fsp3) is 0.500. The Balaban J connectivity index is 0.00000121. The summed E-state index contributed by atoms with van der Waals surface area (Å²) < 4.78 is 18.0. The molecule has 0 spiro atoms. The minimum atomic E-state index is -0.603. The van der Waals surface area contributed by atoms with Crippen molar-refractivity contribution in [1.82, 2.24) is 4.98 Å². The van der Waals surface area contributed by atoms with Crippen LogP contribution in [-0.4, -0.2) is 18.1 Å². The molecule has 4 nitrogen and oxygen atoms in total. The molecule has 1 aromatic rings. The molecule has 0 aliphatic rings. The summed E-state index contributed by atoms with van der Waals surface area (Å²) in [4.78, 5) is 15.2. The van der Waals surface area contributed by atoms with Crippen LogP contribution < -0.4 is 5.73 Å². The predicted octanol–water partition coefficient (Wildman–Crippen LogP) is 2.49. The van der Waals surface area contributed by atoms with Gasteiger partial charge >= 0.3 is 5.97 Å². The molecule has 0 fully saturated rings. The number of esters is 1. The molecule has 0 aromatic carbocycles. The topological polar surface area (TPSA) is 65.2 Å². The van der Waals surface area contributed by atoms with Gasteiger partial charge in [0.05, 0.1) is 18.5 Å². The maximum atomic E-state index is 13.5. The van der Waals surface area contributed by atoms with Crippen LogP contribution in [0.25, 0.3) is 0 Å². The van der Waals surface area contributed by atoms with Gasteiger partial charge in [0.2, 0.25) is 0 Å². The molecule has 0 unspecified atom stereocenters. The van der Waals surface area contributed by atoms with Crippen molar-refractivity contribution in [3.63, 3.8) is 0 Å². The molecule has 1 aromatic heterocycles. The van der Waals surface area contributed by atoms with Crippen molar-refractivity contribution >= 4 is 11.7 Å². The first-order valence-corrected chi connectivity index (χ1v) is 5.55. The van der Waals surface area contributed by atoms with Gasteiger partial charge in [0.15, 0.2) is 11.5 Å². The average molecular weight is 242 g/mol. The molecule has 2 N–H and O–H groups in total. The highest BCUT2D eigenvalue weighted by Gasteiger charge is 2.19. The van der Waals surface area contributed by atoms with E-state index in [4.69, 9.17) is 5.73 Å². The standard InChI is InChI=1S/C10H13FN2O2.C2H6/c1-4-6-7(11)8(12)5(2)9(13-6)10(14)15-3;1-2/h4H2,1-3H3,(H2,12,13);1-2H3. The number of anilines is 1. The van der Waals surface area contributed by atoms with E-state index in [1.54, 1.807) is 6.92 Å². The second kappa shape index (κ2) is 6.83. The van der Waals surface area contributed by atoms with Crippen LogP contribution in [0.1, 0.15) is 42.5 Å². The highest BCUT2D eigenvalue weighted by Crippen LogP contribution is 2.21. The van der Waals surface area contributed by atoms with E-state index in [9.17, 15) is 9.18 Å². The second-order valence-electron chi connectivity index (χ2n) is 3.10. The molecule has 17 heavy (non-hydrogen) atoms. The van der Waals surface area contributed by atoms with Crippen LogP contribution in [-0.2, 0) is 11.2 Å². The van der Waals surface area contributed by atoms with Crippen molar-refractivity contribution in [3.05, 3.63) is 22.8 Å². The summed E-state index contributed by atoms with van der Waals surface area (Å²) in [6.07, 6.45) is 0.375. The molecule has 0 atom stereocenters. The largest absolute Gasteiger partial charge is 0.464 e. The van der Waals surface area contributed by atoms with E-state index < -0.39 is 11.8 Å². The average Bonchev–Trinajstić information content (AvgIpc) is 2.38. The molecular formula is C12H19FN2O2. The van der Waals surface area contributed by atoms with Crippen molar-refractivity contribution in [2.24, 2.45) is 0 Å². The molecule has 0 saturated carbocycles. The summed E-state index contributed by atoms with van der Waals surface area (Å²) >= 11 is 0. The minimum absolute atomic E-state index is 0.0396. The third kappa shape index (κ3) is 3.15. The Morgan fingerprint density at radius 2 is 2.00 bits per heavy atom. The van der Waals surface area contributed by atoms with Crippen LogP contribution >= 0.6 is 0 Å². The van der Waals surface area contributed by atoms with Crippen LogP contribution in [0.3, 0.4) is 0 Å². The Morgan fingerprint density at radius 1 is 1.47 bits per heavy atom. The normalized spacial score (nSPS) is 9.29. The molecular weight excluding hydrogens is 223 g/mol. The van der Waals surface area contributed by atoms with E-state index in [1.165, 1.54) is 14.0 Å². The number of carbonyl (C=O) groups excluding carboxylic acids is 1. The zero-order chi connectivity index (χ0) is 13.6. The number of nitrogen functional groups attached to an aromatic ring is 1. The number of methoxy groups -OCH3 is 1. The number of nitrogens with zero attached hydrogens (tertiary/aromatic N) is 1. The van der Waals surface area contributed by atoms with Gasteiger partial charge in [0.1, 0.15) is 0 Å². The highest BCUT2D eigenvalue weighted by atomic mass is 19.1. The first-order chi connectivity index (χ1) is 8.02. The first-order valence-electron chi connectivity index (χ1n) is 5.55. The third-order valence-corrected chi connectivity index (χ3v) is 2.21. The lowest BCUT2D eigenvalue weighted by Crippen LogP contribution is -2.13. The van der Waals surface area contributed by atoms with Crippen molar-refractivity contribution < 1.29 is 13.9 Å². The fourth-order valence-electron chi connectivity index (χ4n) is 1.25. The van der Waals surface area contributed by atoms with E-state index in [0.29, 0.717) is 12.0 Å². The Labute approximate surface area is 101 Å². The van der Waals surface area contributed by atoms with Gasteiger partial charge < -0.3 is 10.5 Å². The lowest BCUT2D eigenvalue weighted by atomic mass is 10.1. The summed E-state index contributed by atoms with van der Waals surface area (Å²) in [6, 6.07) is 0. The minimum Gasteiger partial charge on any atom is -0.464 e. The maximum absolute atomic E-state index is 13.5. The van der Waals surface area contributed by atoms with Gasteiger partial charge in [-0.05, 0) is 13.3 Å². The van der Waals surface area contributed by atoms with Gasteiger partial charge in [-0.2, -0.15) is 0 Å². The molecule has 1 rings (SSSR count). The lowest BCUT2D eigenvalue weighted by molar-refractivity contribution is 0.0592. The summed E-state index contributed by atoms with van der Waals surface area (Å²) in [5.41, 5.74) is 6.06. The number of hydrogen-bond acceptors (Lipinski definition) is 4. The molecule has 0 aliphatic heterocycles. The molecule has 1 heterocycles. The number of aryl methyl sites for hydroxylation is 1. The monoisotopic (exact) mass is 242 g/mol. The molecule has 0 aliphatic carbocycles. The van der Waals surface area contributed by atoms with Crippen molar-refractivity contribution in [3.8, 4) is 0 Å².